The number of nitrogens with zero attached hydrogens (tertiary/aromatic N) is 4. The number of amides is 1. The number of alkyl halides is 3. The monoisotopic (exact) mass is 399 g/mol. The number of tetrazole rings is 1. The Morgan fingerprint density at radius 2 is 2.04 bits per heavy atom. The molecule has 1 N–H and O–H groups in total. The second-order valence-corrected chi connectivity index (χ2v) is 6.00. The molecule has 3 aromatic rings. The highest BCUT2D eigenvalue weighted by Gasteiger charge is 2.31. The zero-order chi connectivity index (χ0) is 19.3. The molecule has 2 aromatic heterocycles. The fourth-order valence-corrected chi connectivity index (χ4v) is 2.72. The predicted octanol–water partition coefficient (Wildman–Crippen LogP) is 2.56. The number of nitrogens with one attached hydrogen (secondary N) is 1. The number of hydrogen-bond donors (Lipinski definition) is 1. The lowest BCUT2D eigenvalue weighted by Crippen LogP contribution is -2.24. The van der Waals surface area contributed by atoms with Crippen LogP contribution in [-0.2, 0) is 11.3 Å². The Labute approximate surface area is 154 Å². The minimum Gasteiger partial charge on any atom is -0.467 e. The maximum Gasteiger partial charge on any atom is 0.573 e. The molecule has 0 aliphatic rings. The van der Waals surface area contributed by atoms with Crippen LogP contribution in [0.3, 0.4) is 0 Å². The Bertz CT molecular complexity index is 881. The summed E-state index contributed by atoms with van der Waals surface area (Å²) >= 11 is 1.08. The number of benzene rings is 1. The third-order valence-corrected chi connectivity index (χ3v) is 4.05. The van der Waals surface area contributed by atoms with Crippen molar-refractivity contribution in [2.24, 2.45) is 0 Å². The van der Waals surface area contributed by atoms with Crippen LogP contribution in [0.4, 0.5) is 13.2 Å². The van der Waals surface area contributed by atoms with Gasteiger partial charge in [0.05, 0.1) is 24.2 Å². The number of carbonyl (C=O) groups excluding carboxylic acids is 1. The zero-order valence-electron chi connectivity index (χ0n) is 13.5. The molecule has 142 valence electrons. The zero-order valence-corrected chi connectivity index (χ0v) is 14.3. The van der Waals surface area contributed by atoms with Gasteiger partial charge in [-0.25, -0.2) is 0 Å². The number of aromatic nitrogens is 4. The number of halogens is 3. The van der Waals surface area contributed by atoms with Crippen molar-refractivity contribution < 1.29 is 27.1 Å². The van der Waals surface area contributed by atoms with Gasteiger partial charge in [-0.15, -0.1) is 18.3 Å². The lowest BCUT2D eigenvalue weighted by atomic mass is 10.3. The highest BCUT2D eigenvalue weighted by atomic mass is 32.2. The summed E-state index contributed by atoms with van der Waals surface area (Å²) in [4.78, 5) is 11.9. The molecule has 0 saturated carbocycles. The summed E-state index contributed by atoms with van der Waals surface area (Å²) in [5.41, 5.74) is 0.424. The van der Waals surface area contributed by atoms with E-state index in [4.69, 9.17) is 4.42 Å². The Morgan fingerprint density at radius 1 is 1.26 bits per heavy atom. The number of rotatable bonds is 7. The lowest BCUT2D eigenvalue weighted by molar-refractivity contribution is -0.274. The molecule has 0 fully saturated rings. The first-order valence-corrected chi connectivity index (χ1v) is 8.46. The average Bonchev–Trinajstić information content (AvgIpc) is 3.29. The largest absolute Gasteiger partial charge is 0.573 e. The van der Waals surface area contributed by atoms with Crippen LogP contribution in [0.5, 0.6) is 5.75 Å². The van der Waals surface area contributed by atoms with Crippen molar-refractivity contribution in [1.29, 1.82) is 0 Å². The maximum atomic E-state index is 12.2. The van der Waals surface area contributed by atoms with Crippen LogP contribution >= 0.6 is 11.8 Å². The molecular formula is C15H12F3N5O3S. The highest BCUT2D eigenvalue weighted by Crippen LogP contribution is 2.24. The molecule has 12 heteroatoms. The minimum atomic E-state index is -4.76. The molecule has 0 aliphatic carbocycles. The molecule has 1 amide bonds. The minimum absolute atomic E-state index is 0.0519. The van der Waals surface area contributed by atoms with Crippen LogP contribution in [0.2, 0.25) is 0 Å². The van der Waals surface area contributed by atoms with Gasteiger partial charge in [0, 0.05) is 0 Å². The summed E-state index contributed by atoms with van der Waals surface area (Å²) < 4.78 is 46.8. The van der Waals surface area contributed by atoms with Gasteiger partial charge in [-0.05, 0) is 46.8 Å². The van der Waals surface area contributed by atoms with Crippen molar-refractivity contribution in [2.45, 2.75) is 18.1 Å². The maximum absolute atomic E-state index is 12.2. The van der Waals surface area contributed by atoms with E-state index in [0.717, 1.165) is 23.9 Å². The molecule has 3 rings (SSSR count). The molecule has 0 unspecified atom stereocenters. The van der Waals surface area contributed by atoms with Gasteiger partial charge in [0.15, 0.2) is 0 Å². The Morgan fingerprint density at radius 3 is 2.70 bits per heavy atom. The van der Waals surface area contributed by atoms with Crippen LogP contribution in [0.25, 0.3) is 5.69 Å². The van der Waals surface area contributed by atoms with Gasteiger partial charge in [0.2, 0.25) is 11.1 Å². The summed E-state index contributed by atoms with van der Waals surface area (Å²) in [6.45, 7) is 0.262. The van der Waals surface area contributed by atoms with Crippen LogP contribution in [0.15, 0.2) is 52.2 Å². The van der Waals surface area contributed by atoms with Crippen LogP contribution in [-0.4, -0.2) is 38.2 Å². The first-order chi connectivity index (χ1) is 12.9. The van der Waals surface area contributed by atoms with Crippen molar-refractivity contribution in [3.63, 3.8) is 0 Å². The van der Waals surface area contributed by atoms with Crippen LogP contribution in [0.1, 0.15) is 5.76 Å². The van der Waals surface area contributed by atoms with Crippen LogP contribution in [0, 0.1) is 0 Å². The second kappa shape index (κ2) is 8.12. The molecule has 0 saturated heterocycles. The van der Waals surface area contributed by atoms with Gasteiger partial charge >= 0.3 is 6.36 Å². The molecular weight excluding hydrogens is 387 g/mol. The van der Waals surface area contributed by atoms with Gasteiger partial charge in [0.25, 0.3) is 0 Å². The Kier molecular flexibility index (Phi) is 5.64. The molecule has 0 radical (unpaired) electrons. The molecule has 0 aliphatic heterocycles. The second-order valence-electron chi connectivity index (χ2n) is 5.06. The van der Waals surface area contributed by atoms with E-state index in [-0.39, 0.29) is 24.0 Å². The molecule has 2 heterocycles. The smallest absolute Gasteiger partial charge is 0.467 e. The van der Waals surface area contributed by atoms with E-state index in [1.54, 1.807) is 12.1 Å². The molecule has 27 heavy (non-hydrogen) atoms. The van der Waals surface area contributed by atoms with E-state index in [0.29, 0.717) is 16.6 Å². The van der Waals surface area contributed by atoms with Crippen molar-refractivity contribution in [3.05, 3.63) is 48.4 Å². The van der Waals surface area contributed by atoms with Crippen molar-refractivity contribution in [2.75, 3.05) is 5.75 Å². The van der Waals surface area contributed by atoms with Gasteiger partial charge in [-0.1, -0.05) is 11.8 Å². The number of furan rings is 1. The summed E-state index contributed by atoms with van der Waals surface area (Å²) in [7, 11) is 0. The first kappa shape index (κ1) is 18.8. The quantitative estimate of drug-likeness (QED) is 0.610. The van der Waals surface area contributed by atoms with Crippen molar-refractivity contribution in [1.82, 2.24) is 25.5 Å². The third kappa shape index (κ3) is 5.48. The lowest BCUT2D eigenvalue weighted by Gasteiger charge is -2.09. The SMILES string of the molecule is O=C(CSc1nnnn1-c1ccc(OC(F)(F)F)cc1)NCc1ccco1. The van der Waals surface area contributed by atoms with Crippen LogP contribution < -0.4 is 10.1 Å². The molecule has 0 bridgehead atoms. The van der Waals surface area contributed by atoms with E-state index >= 15 is 0 Å². The summed E-state index contributed by atoms with van der Waals surface area (Å²) in [6.07, 6.45) is -3.25. The van der Waals surface area contributed by atoms with Crippen molar-refractivity contribution >= 4 is 17.7 Å². The van der Waals surface area contributed by atoms with E-state index < -0.39 is 6.36 Å². The number of hydrogen-bond acceptors (Lipinski definition) is 7. The summed E-state index contributed by atoms with van der Waals surface area (Å²) in [5, 5.41) is 14.1. The number of carbonyl (C=O) groups is 1. The number of ether oxygens (including phenoxy) is 1. The fraction of sp³-hybridized carbons (Fsp3) is 0.200. The van der Waals surface area contributed by atoms with E-state index in [2.05, 4.69) is 25.6 Å². The topological polar surface area (TPSA) is 95.1 Å². The van der Waals surface area contributed by atoms with Crippen molar-refractivity contribution in [3.8, 4) is 11.4 Å². The van der Waals surface area contributed by atoms with E-state index in [1.807, 2.05) is 0 Å². The number of thioether (sulfide) groups is 1. The van der Waals surface area contributed by atoms with Gasteiger partial charge in [-0.2, -0.15) is 4.68 Å². The first-order valence-electron chi connectivity index (χ1n) is 7.47. The van der Waals surface area contributed by atoms with Gasteiger partial charge in [-0.3, -0.25) is 4.79 Å². The molecule has 8 nitrogen and oxygen atoms in total. The standard InChI is InChI=1S/C15H12F3N5O3S/c16-15(17,18)26-11-5-3-10(4-6-11)23-14(20-21-22-23)27-9-13(24)19-8-12-2-1-7-25-12/h1-7H,8-9H2,(H,19,24). The highest BCUT2D eigenvalue weighted by molar-refractivity contribution is 7.99. The summed E-state index contributed by atoms with van der Waals surface area (Å²) in [5.74, 6) is 0.0705. The Hall–Kier alpha value is -3.02. The normalized spacial score (nSPS) is 11.4. The molecule has 0 atom stereocenters. The molecule has 1 aromatic carbocycles. The van der Waals surface area contributed by atoms with E-state index in [9.17, 15) is 18.0 Å². The molecule has 0 spiro atoms. The predicted molar refractivity (Wildman–Crippen MR) is 87.1 cm³/mol. The van der Waals surface area contributed by atoms with E-state index in [1.165, 1.54) is 23.1 Å². The fourth-order valence-electron chi connectivity index (χ4n) is 2.00. The van der Waals surface area contributed by atoms with Gasteiger partial charge < -0.3 is 14.5 Å². The Balaban J connectivity index is 1.58. The van der Waals surface area contributed by atoms with Gasteiger partial charge in [0.1, 0.15) is 11.5 Å². The average molecular weight is 399 g/mol. The summed E-state index contributed by atoms with van der Waals surface area (Å²) in [6, 6.07) is 8.50. The third-order valence-electron chi connectivity index (χ3n) is 3.13.